The van der Waals surface area contributed by atoms with E-state index in [9.17, 15) is 18.0 Å². The fourth-order valence-electron chi connectivity index (χ4n) is 2.99. The Hall–Kier alpha value is -2.43. The monoisotopic (exact) mass is 437 g/mol. The van der Waals surface area contributed by atoms with Gasteiger partial charge in [0.05, 0.1) is 13.5 Å². The molecule has 0 atom stereocenters. The van der Waals surface area contributed by atoms with Crippen molar-refractivity contribution in [3.63, 3.8) is 0 Å². The van der Waals surface area contributed by atoms with Crippen molar-refractivity contribution in [2.24, 2.45) is 0 Å². The fourth-order valence-corrected chi connectivity index (χ4v) is 6.02. The smallest absolute Gasteiger partial charge is 0.411 e. The SMILES string of the molecule is COC(=O)Nc1ccc(NC(=O)Cc2ccc(S(=O)(=O)N3CCCCC3)s2)cc1. The van der Waals surface area contributed by atoms with Crippen LogP contribution in [0.2, 0.25) is 0 Å². The molecule has 1 aliphatic rings. The van der Waals surface area contributed by atoms with Crippen LogP contribution in [0.5, 0.6) is 0 Å². The van der Waals surface area contributed by atoms with Gasteiger partial charge in [-0.15, -0.1) is 11.3 Å². The lowest BCUT2D eigenvalue weighted by Crippen LogP contribution is -2.35. The van der Waals surface area contributed by atoms with Crippen molar-refractivity contribution in [2.75, 3.05) is 30.8 Å². The number of benzene rings is 1. The summed E-state index contributed by atoms with van der Waals surface area (Å²) in [6.45, 7) is 1.10. The van der Waals surface area contributed by atoms with Gasteiger partial charge in [0.2, 0.25) is 5.91 Å². The maximum atomic E-state index is 12.7. The summed E-state index contributed by atoms with van der Waals surface area (Å²) in [6, 6.07) is 9.85. The highest BCUT2D eigenvalue weighted by Crippen LogP contribution is 2.27. The lowest BCUT2D eigenvalue weighted by molar-refractivity contribution is -0.115. The van der Waals surface area contributed by atoms with Crippen LogP contribution in [0, 0.1) is 0 Å². The minimum Gasteiger partial charge on any atom is -0.453 e. The molecule has 1 fully saturated rings. The summed E-state index contributed by atoms with van der Waals surface area (Å²) < 4.78 is 31.7. The number of carbonyl (C=O) groups is 2. The van der Waals surface area contributed by atoms with Gasteiger partial charge in [-0.05, 0) is 49.2 Å². The molecule has 1 aliphatic heterocycles. The van der Waals surface area contributed by atoms with Crippen molar-refractivity contribution in [2.45, 2.75) is 29.9 Å². The first-order chi connectivity index (χ1) is 13.9. The Morgan fingerprint density at radius 2 is 1.62 bits per heavy atom. The number of carbonyl (C=O) groups excluding carboxylic acids is 2. The number of amides is 2. The molecule has 1 aromatic carbocycles. The highest BCUT2D eigenvalue weighted by Gasteiger charge is 2.27. The number of nitrogens with zero attached hydrogens (tertiary/aromatic N) is 1. The Morgan fingerprint density at radius 1 is 1.00 bits per heavy atom. The molecule has 0 aliphatic carbocycles. The predicted molar refractivity (Wildman–Crippen MR) is 112 cm³/mol. The van der Waals surface area contributed by atoms with Crippen molar-refractivity contribution in [3.05, 3.63) is 41.3 Å². The number of rotatable bonds is 6. The van der Waals surface area contributed by atoms with Crippen molar-refractivity contribution >= 4 is 44.7 Å². The molecule has 0 spiro atoms. The predicted octanol–water partition coefficient (Wildman–Crippen LogP) is 3.28. The lowest BCUT2D eigenvalue weighted by Gasteiger charge is -2.25. The van der Waals surface area contributed by atoms with Crippen LogP contribution in [0.1, 0.15) is 24.1 Å². The highest BCUT2D eigenvalue weighted by molar-refractivity contribution is 7.91. The molecule has 0 radical (unpaired) electrons. The molecule has 8 nitrogen and oxygen atoms in total. The van der Waals surface area contributed by atoms with Gasteiger partial charge in [0, 0.05) is 29.3 Å². The van der Waals surface area contributed by atoms with Crippen LogP contribution < -0.4 is 10.6 Å². The Kier molecular flexibility index (Phi) is 6.88. The molecule has 2 amide bonds. The molecule has 29 heavy (non-hydrogen) atoms. The zero-order chi connectivity index (χ0) is 20.9. The number of piperidine rings is 1. The molecule has 0 unspecified atom stereocenters. The van der Waals surface area contributed by atoms with Crippen LogP contribution in [0.25, 0.3) is 0 Å². The van der Waals surface area contributed by atoms with E-state index in [2.05, 4.69) is 15.4 Å². The van der Waals surface area contributed by atoms with Crippen molar-refractivity contribution < 1.29 is 22.7 Å². The summed E-state index contributed by atoms with van der Waals surface area (Å²) in [5.41, 5.74) is 1.11. The maximum Gasteiger partial charge on any atom is 0.411 e. The molecule has 1 saturated heterocycles. The van der Waals surface area contributed by atoms with Gasteiger partial charge in [0.15, 0.2) is 0 Å². The van der Waals surface area contributed by atoms with E-state index in [1.807, 2.05) is 0 Å². The molecule has 0 saturated carbocycles. The van der Waals surface area contributed by atoms with E-state index < -0.39 is 16.1 Å². The zero-order valence-electron chi connectivity index (χ0n) is 16.0. The molecular weight excluding hydrogens is 414 g/mol. The molecule has 1 aromatic heterocycles. The minimum absolute atomic E-state index is 0.0857. The topological polar surface area (TPSA) is 105 Å². The number of nitrogens with one attached hydrogen (secondary N) is 2. The van der Waals surface area contributed by atoms with Gasteiger partial charge in [0.25, 0.3) is 10.0 Å². The van der Waals surface area contributed by atoms with E-state index in [-0.39, 0.29) is 16.5 Å². The first kappa shape index (κ1) is 21.3. The zero-order valence-corrected chi connectivity index (χ0v) is 17.6. The van der Waals surface area contributed by atoms with Gasteiger partial charge in [-0.1, -0.05) is 6.42 Å². The molecule has 0 bridgehead atoms. The van der Waals surface area contributed by atoms with E-state index in [4.69, 9.17) is 0 Å². The van der Waals surface area contributed by atoms with Gasteiger partial charge >= 0.3 is 6.09 Å². The summed E-state index contributed by atoms with van der Waals surface area (Å²) in [5.74, 6) is -0.248. The number of methoxy groups -OCH3 is 1. The van der Waals surface area contributed by atoms with Gasteiger partial charge in [-0.3, -0.25) is 10.1 Å². The average molecular weight is 438 g/mol. The van der Waals surface area contributed by atoms with Crippen molar-refractivity contribution in [1.82, 2.24) is 4.31 Å². The number of anilines is 2. The van der Waals surface area contributed by atoms with Crippen LogP contribution in [0.15, 0.2) is 40.6 Å². The van der Waals surface area contributed by atoms with Gasteiger partial charge in [-0.25, -0.2) is 13.2 Å². The van der Waals surface area contributed by atoms with E-state index in [1.165, 1.54) is 11.4 Å². The van der Waals surface area contributed by atoms with E-state index in [1.54, 1.807) is 36.4 Å². The summed E-state index contributed by atoms with van der Waals surface area (Å²) in [4.78, 5) is 24.2. The number of sulfonamides is 1. The van der Waals surface area contributed by atoms with Crippen molar-refractivity contribution in [1.29, 1.82) is 0 Å². The Morgan fingerprint density at radius 3 is 2.24 bits per heavy atom. The quantitative estimate of drug-likeness (QED) is 0.722. The van der Waals surface area contributed by atoms with E-state index >= 15 is 0 Å². The molecule has 2 aromatic rings. The molecule has 156 valence electrons. The Bertz CT molecular complexity index is 964. The van der Waals surface area contributed by atoms with E-state index in [0.717, 1.165) is 30.6 Å². The number of thiophene rings is 1. The standard InChI is InChI=1S/C19H23N3O5S2/c1-27-19(24)21-15-7-5-14(6-8-15)20-17(23)13-16-9-10-18(28-16)29(25,26)22-11-3-2-4-12-22/h5-10H,2-4,11-13H2,1H3,(H,20,23)(H,21,24). The second-order valence-corrected chi connectivity index (χ2v) is 9.94. The van der Waals surface area contributed by atoms with Crippen LogP contribution in [0.3, 0.4) is 0 Å². The number of hydrogen-bond donors (Lipinski definition) is 2. The summed E-state index contributed by atoms with van der Waals surface area (Å²) in [5, 5.41) is 5.28. The number of ether oxygens (including phenoxy) is 1. The van der Waals surface area contributed by atoms with Crippen LogP contribution >= 0.6 is 11.3 Å². The summed E-state index contributed by atoms with van der Waals surface area (Å²) >= 11 is 1.13. The third-order valence-corrected chi connectivity index (χ3v) is 7.93. The van der Waals surface area contributed by atoms with Gasteiger partial charge in [-0.2, -0.15) is 4.31 Å². The molecule has 3 rings (SSSR count). The molecule has 2 heterocycles. The third kappa shape index (κ3) is 5.55. The third-order valence-electron chi connectivity index (χ3n) is 4.48. The molecular formula is C19H23N3O5S2. The molecule has 10 heteroatoms. The lowest BCUT2D eigenvalue weighted by atomic mass is 10.2. The summed E-state index contributed by atoms with van der Waals surface area (Å²) in [7, 11) is -2.20. The second kappa shape index (κ2) is 9.38. The fraction of sp³-hybridized carbons (Fsp3) is 0.368. The van der Waals surface area contributed by atoms with Crippen LogP contribution in [-0.2, 0) is 26.0 Å². The largest absolute Gasteiger partial charge is 0.453 e. The first-order valence-electron chi connectivity index (χ1n) is 9.22. The Balaban J connectivity index is 1.58. The average Bonchev–Trinajstić information content (AvgIpc) is 3.19. The Labute approximate surface area is 173 Å². The maximum absolute atomic E-state index is 12.7. The van der Waals surface area contributed by atoms with Crippen molar-refractivity contribution in [3.8, 4) is 0 Å². The van der Waals surface area contributed by atoms with Crippen LogP contribution in [-0.4, -0.2) is 44.9 Å². The number of hydrogen-bond acceptors (Lipinski definition) is 6. The summed E-state index contributed by atoms with van der Waals surface area (Å²) in [6.07, 6.45) is 2.33. The second-order valence-electron chi connectivity index (χ2n) is 6.60. The highest BCUT2D eigenvalue weighted by atomic mass is 32.2. The van der Waals surface area contributed by atoms with Gasteiger partial charge in [0.1, 0.15) is 4.21 Å². The van der Waals surface area contributed by atoms with E-state index in [0.29, 0.717) is 29.3 Å². The molecule has 2 N–H and O–H groups in total. The first-order valence-corrected chi connectivity index (χ1v) is 11.5. The minimum atomic E-state index is -3.48. The van der Waals surface area contributed by atoms with Gasteiger partial charge < -0.3 is 10.1 Å². The normalized spacial score (nSPS) is 14.9. The van der Waals surface area contributed by atoms with Crippen LogP contribution in [0.4, 0.5) is 16.2 Å².